The summed E-state index contributed by atoms with van der Waals surface area (Å²) in [6, 6.07) is 12.5. The highest BCUT2D eigenvalue weighted by molar-refractivity contribution is 9.10. The zero-order valence-corrected chi connectivity index (χ0v) is 13.8. The molecule has 1 atom stereocenters. The maximum atomic E-state index is 12.2. The molecular weight excluding hydrogens is 352 g/mol. The van der Waals surface area contributed by atoms with Crippen LogP contribution in [0.15, 0.2) is 51.8 Å². The van der Waals surface area contributed by atoms with E-state index in [9.17, 15) is 9.00 Å². The third kappa shape index (κ3) is 4.41. The van der Waals surface area contributed by atoms with Gasteiger partial charge in [0.15, 0.2) is 0 Å². The summed E-state index contributed by atoms with van der Waals surface area (Å²) in [7, 11) is -1.48. The predicted octanol–water partition coefficient (Wildman–Crippen LogP) is 3.09. The number of rotatable bonds is 4. The molecule has 0 aliphatic rings. The SMILES string of the molecule is Cc1cccc(NC(=O)CS(=O)c2cc(Br)ccc2N)c1. The summed E-state index contributed by atoms with van der Waals surface area (Å²) in [5, 5.41) is 2.73. The second-order valence-corrected chi connectivity index (χ2v) is 6.92. The maximum absolute atomic E-state index is 12.2. The highest BCUT2D eigenvalue weighted by atomic mass is 79.9. The third-order valence-electron chi connectivity index (χ3n) is 2.78. The highest BCUT2D eigenvalue weighted by Gasteiger charge is 2.13. The summed E-state index contributed by atoms with van der Waals surface area (Å²) < 4.78 is 13.0. The average molecular weight is 367 g/mol. The number of nitrogens with one attached hydrogen (secondary N) is 1. The average Bonchev–Trinajstić information content (AvgIpc) is 2.41. The van der Waals surface area contributed by atoms with Crippen molar-refractivity contribution in [3.8, 4) is 0 Å². The largest absolute Gasteiger partial charge is 0.398 e. The normalized spacial score (nSPS) is 11.9. The number of anilines is 2. The number of nitrogen functional groups attached to an aromatic ring is 1. The summed E-state index contributed by atoms with van der Waals surface area (Å²) in [6.45, 7) is 1.94. The molecule has 110 valence electrons. The molecule has 0 saturated carbocycles. The van der Waals surface area contributed by atoms with E-state index in [1.54, 1.807) is 24.3 Å². The fourth-order valence-electron chi connectivity index (χ4n) is 1.82. The van der Waals surface area contributed by atoms with Crippen LogP contribution in [0.5, 0.6) is 0 Å². The van der Waals surface area contributed by atoms with Gasteiger partial charge >= 0.3 is 0 Å². The molecule has 6 heteroatoms. The van der Waals surface area contributed by atoms with E-state index in [1.165, 1.54) is 0 Å². The molecule has 0 bridgehead atoms. The van der Waals surface area contributed by atoms with Gasteiger partial charge in [0.05, 0.1) is 15.7 Å². The number of hydrogen-bond acceptors (Lipinski definition) is 3. The quantitative estimate of drug-likeness (QED) is 0.816. The van der Waals surface area contributed by atoms with E-state index >= 15 is 0 Å². The van der Waals surface area contributed by atoms with Crippen LogP contribution in [0.4, 0.5) is 11.4 Å². The van der Waals surface area contributed by atoms with Crippen LogP contribution in [0.25, 0.3) is 0 Å². The Balaban J connectivity index is 2.05. The first-order chi connectivity index (χ1) is 9.95. The molecule has 0 aromatic heterocycles. The van der Waals surface area contributed by atoms with E-state index in [-0.39, 0.29) is 11.7 Å². The lowest BCUT2D eigenvalue weighted by atomic mass is 10.2. The van der Waals surface area contributed by atoms with Crippen molar-refractivity contribution >= 4 is 44.0 Å². The fourth-order valence-corrected chi connectivity index (χ4v) is 3.39. The van der Waals surface area contributed by atoms with Crippen LogP contribution in [-0.2, 0) is 15.6 Å². The number of carbonyl (C=O) groups excluding carboxylic acids is 1. The van der Waals surface area contributed by atoms with Crippen LogP contribution in [0.1, 0.15) is 5.56 Å². The highest BCUT2D eigenvalue weighted by Crippen LogP contribution is 2.22. The lowest BCUT2D eigenvalue weighted by Crippen LogP contribution is -2.20. The Kier molecular flexibility index (Phi) is 5.14. The topological polar surface area (TPSA) is 72.2 Å². The first-order valence-corrected chi connectivity index (χ1v) is 8.37. The van der Waals surface area contributed by atoms with Gasteiger partial charge in [-0.05, 0) is 42.8 Å². The Morgan fingerprint density at radius 2 is 2.05 bits per heavy atom. The molecule has 2 aromatic carbocycles. The van der Waals surface area contributed by atoms with Crippen LogP contribution in [0.3, 0.4) is 0 Å². The van der Waals surface area contributed by atoms with Crippen molar-refractivity contribution in [2.24, 2.45) is 0 Å². The molecular formula is C15H15BrN2O2S. The molecule has 21 heavy (non-hydrogen) atoms. The maximum Gasteiger partial charge on any atom is 0.237 e. The van der Waals surface area contributed by atoms with Gasteiger partial charge in [-0.15, -0.1) is 0 Å². The molecule has 0 saturated heterocycles. The molecule has 1 amide bonds. The Morgan fingerprint density at radius 1 is 1.29 bits per heavy atom. The Morgan fingerprint density at radius 3 is 2.76 bits per heavy atom. The summed E-state index contributed by atoms with van der Waals surface area (Å²) in [5.74, 6) is -0.437. The minimum atomic E-state index is -1.48. The van der Waals surface area contributed by atoms with Crippen LogP contribution in [-0.4, -0.2) is 15.9 Å². The van der Waals surface area contributed by atoms with Gasteiger partial charge in [-0.3, -0.25) is 9.00 Å². The molecule has 3 N–H and O–H groups in total. The molecule has 0 fully saturated rings. The molecule has 0 aliphatic heterocycles. The van der Waals surface area contributed by atoms with Crippen molar-refractivity contribution in [2.75, 3.05) is 16.8 Å². The van der Waals surface area contributed by atoms with Crippen molar-refractivity contribution in [3.05, 3.63) is 52.5 Å². The van der Waals surface area contributed by atoms with Crippen molar-refractivity contribution < 1.29 is 9.00 Å². The van der Waals surface area contributed by atoms with Crippen LogP contribution < -0.4 is 11.1 Å². The van der Waals surface area contributed by atoms with Gasteiger partial charge in [-0.1, -0.05) is 28.1 Å². The van der Waals surface area contributed by atoms with Crippen molar-refractivity contribution in [3.63, 3.8) is 0 Å². The molecule has 2 rings (SSSR count). The second kappa shape index (κ2) is 6.87. The van der Waals surface area contributed by atoms with Crippen molar-refractivity contribution in [1.29, 1.82) is 0 Å². The van der Waals surface area contributed by atoms with Crippen LogP contribution in [0, 0.1) is 6.92 Å². The summed E-state index contributed by atoms with van der Waals surface area (Å²) in [4.78, 5) is 12.4. The van der Waals surface area contributed by atoms with Crippen LogP contribution >= 0.6 is 15.9 Å². The van der Waals surface area contributed by atoms with E-state index in [0.29, 0.717) is 16.3 Å². The van der Waals surface area contributed by atoms with E-state index in [1.807, 2.05) is 25.1 Å². The van der Waals surface area contributed by atoms with Crippen molar-refractivity contribution in [1.82, 2.24) is 0 Å². The molecule has 2 aromatic rings. The molecule has 1 unspecified atom stereocenters. The van der Waals surface area contributed by atoms with Crippen LogP contribution in [0.2, 0.25) is 0 Å². The van der Waals surface area contributed by atoms with E-state index < -0.39 is 10.8 Å². The minimum absolute atomic E-state index is 0.130. The molecule has 4 nitrogen and oxygen atoms in total. The fraction of sp³-hybridized carbons (Fsp3) is 0.133. The number of amides is 1. The first-order valence-electron chi connectivity index (χ1n) is 6.25. The van der Waals surface area contributed by atoms with Gasteiger partial charge < -0.3 is 11.1 Å². The lowest BCUT2D eigenvalue weighted by molar-refractivity contribution is -0.113. The molecule has 0 aliphatic carbocycles. The van der Waals surface area contributed by atoms with Gasteiger partial charge in [-0.25, -0.2) is 0 Å². The second-order valence-electron chi connectivity index (χ2n) is 4.59. The Hall–Kier alpha value is -1.66. The minimum Gasteiger partial charge on any atom is -0.398 e. The standard InChI is InChI=1S/C15H15BrN2O2S/c1-10-3-2-4-12(7-10)18-15(19)9-21(20)14-8-11(16)5-6-13(14)17/h2-8H,9,17H2,1H3,(H,18,19). The monoisotopic (exact) mass is 366 g/mol. The number of benzene rings is 2. The van der Waals surface area contributed by atoms with Gasteiger partial charge in [-0.2, -0.15) is 0 Å². The summed E-state index contributed by atoms with van der Waals surface area (Å²) in [5.41, 5.74) is 7.95. The smallest absolute Gasteiger partial charge is 0.237 e. The van der Waals surface area contributed by atoms with Gasteiger partial charge in [0.25, 0.3) is 0 Å². The van der Waals surface area contributed by atoms with Gasteiger partial charge in [0.1, 0.15) is 5.75 Å². The predicted molar refractivity (Wildman–Crippen MR) is 89.6 cm³/mol. The van der Waals surface area contributed by atoms with E-state index in [0.717, 1.165) is 10.0 Å². The molecule has 0 spiro atoms. The van der Waals surface area contributed by atoms with Gasteiger partial charge in [0.2, 0.25) is 5.91 Å². The van der Waals surface area contributed by atoms with E-state index in [2.05, 4.69) is 21.2 Å². The van der Waals surface area contributed by atoms with Gasteiger partial charge in [0, 0.05) is 15.8 Å². The summed E-state index contributed by atoms with van der Waals surface area (Å²) >= 11 is 3.30. The third-order valence-corrected chi connectivity index (χ3v) is 4.65. The number of hydrogen-bond donors (Lipinski definition) is 2. The Labute approximate surface area is 134 Å². The Bertz CT molecular complexity index is 704. The first kappa shape index (κ1) is 15.7. The zero-order chi connectivity index (χ0) is 15.4. The number of halogens is 1. The number of nitrogens with two attached hydrogens (primary N) is 1. The summed E-state index contributed by atoms with van der Waals surface area (Å²) in [6.07, 6.45) is 0. The number of aryl methyl sites for hydroxylation is 1. The number of carbonyl (C=O) groups is 1. The molecule has 0 heterocycles. The van der Waals surface area contributed by atoms with Crippen molar-refractivity contribution in [2.45, 2.75) is 11.8 Å². The van der Waals surface area contributed by atoms with E-state index in [4.69, 9.17) is 5.73 Å². The lowest BCUT2D eigenvalue weighted by Gasteiger charge is -2.08. The zero-order valence-electron chi connectivity index (χ0n) is 11.4. The molecule has 0 radical (unpaired) electrons.